The fraction of sp³-hybridized carbons (Fsp3) is 0.435. The predicted molar refractivity (Wildman–Crippen MR) is 104 cm³/mol. The fourth-order valence-corrected chi connectivity index (χ4v) is 3.96. The van der Waals surface area contributed by atoms with Crippen LogP contribution in [0.2, 0.25) is 0 Å². The lowest BCUT2D eigenvalue weighted by Gasteiger charge is -2.30. The summed E-state index contributed by atoms with van der Waals surface area (Å²) in [6.07, 6.45) is 8.02. The van der Waals surface area contributed by atoms with Gasteiger partial charge in [0.15, 0.2) is 0 Å². The molecule has 2 aromatic rings. The van der Waals surface area contributed by atoms with Gasteiger partial charge in [0.05, 0.1) is 6.10 Å². The molecule has 0 aliphatic heterocycles. The normalized spacial score (nSPS) is 23.1. The molecule has 2 saturated carbocycles. The summed E-state index contributed by atoms with van der Waals surface area (Å²) in [5.41, 5.74) is 2.13. The molecule has 3 heteroatoms. The van der Waals surface area contributed by atoms with Crippen molar-refractivity contribution in [2.24, 2.45) is 0 Å². The molecule has 0 atom stereocenters. The van der Waals surface area contributed by atoms with Gasteiger partial charge in [0, 0.05) is 11.6 Å². The van der Waals surface area contributed by atoms with E-state index in [4.69, 9.17) is 4.74 Å². The van der Waals surface area contributed by atoms with Crippen LogP contribution in [0.4, 0.5) is 0 Å². The summed E-state index contributed by atoms with van der Waals surface area (Å²) >= 11 is 0. The number of ether oxygens (including phenoxy) is 1. The monoisotopic (exact) mass is 349 g/mol. The number of benzene rings is 2. The summed E-state index contributed by atoms with van der Waals surface area (Å²) < 4.78 is 6.04. The Bertz CT molecular complexity index is 731. The van der Waals surface area contributed by atoms with Crippen molar-refractivity contribution in [1.82, 2.24) is 5.32 Å². The highest BCUT2D eigenvalue weighted by molar-refractivity contribution is 5.94. The highest BCUT2D eigenvalue weighted by Gasteiger charge is 2.25. The highest BCUT2D eigenvalue weighted by atomic mass is 16.5. The Balaban J connectivity index is 1.28. The molecule has 2 fully saturated rings. The molecule has 1 N–H and O–H groups in total. The first-order valence-corrected chi connectivity index (χ1v) is 9.90. The van der Waals surface area contributed by atoms with Gasteiger partial charge in [-0.3, -0.25) is 4.79 Å². The Kier molecular flexibility index (Phi) is 5.24. The standard InChI is InChI=1S/C23H27NO2/c25-23(19-9-5-8-18(16-19)17-6-4-7-17)24-20-12-14-22(15-13-20)26-21-10-2-1-3-11-21/h1-3,5,8-11,16-17,20,22H,4,6-7,12-15H2,(H,24,25). The highest BCUT2D eigenvalue weighted by Crippen LogP contribution is 2.36. The maximum atomic E-state index is 12.6. The van der Waals surface area contributed by atoms with Crippen molar-refractivity contribution < 1.29 is 9.53 Å². The van der Waals surface area contributed by atoms with Crippen LogP contribution in [0.5, 0.6) is 5.75 Å². The average molecular weight is 349 g/mol. The minimum absolute atomic E-state index is 0.0681. The topological polar surface area (TPSA) is 38.3 Å². The number of rotatable bonds is 5. The molecule has 0 radical (unpaired) electrons. The number of hydrogen-bond acceptors (Lipinski definition) is 2. The van der Waals surface area contributed by atoms with Crippen molar-refractivity contribution in [1.29, 1.82) is 0 Å². The number of amides is 1. The van der Waals surface area contributed by atoms with Crippen LogP contribution in [0.25, 0.3) is 0 Å². The van der Waals surface area contributed by atoms with Crippen molar-refractivity contribution in [3.8, 4) is 5.75 Å². The molecular weight excluding hydrogens is 322 g/mol. The summed E-state index contributed by atoms with van der Waals surface area (Å²) in [6.45, 7) is 0. The second kappa shape index (κ2) is 7.94. The Morgan fingerprint density at radius 1 is 0.885 bits per heavy atom. The van der Waals surface area contributed by atoms with E-state index in [2.05, 4.69) is 17.4 Å². The third-order valence-electron chi connectivity index (χ3n) is 5.78. The Morgan fingerprint density at radius 3 is 2.35 bits per heavy atom. The third-order valence-corrected chi connectivity index (χ3v) is 5.78. The van der Waals surface area contributed by atoms with E-state index in [1.54, 1.807) is 0 Å². The third kappa shape index (κ3) is 4.09. The molecule has 0 saturated heterocycles. The van der Waals surface area contributed by atoms with E-state index in [9.17, 15) is 4.79 Å². The molecule has 4 rings (SSSR count). The summed E-state index contributed by atoms with van der Waals surface area (Å²) in [5, 5.41) is 3.23. The molecule has 3 nitrogen and oxygen atoms in total. The smallest absolute Gasteiger partial charge is 0.251 e. The van der Waals surface area contributed by atoms with E-state index in [0.717, 1.165) is 37.0 Å². The molecule has 2 aliphatic carbocycles. The van der Waals surface area contributed by atoms with Crippen LogP contribution in [0.1, 0.15) is 66.8 Å². The van der Waals surface area contributed by atoms with E-state index in [1.165, 1.54) is 24.8 Å². The van der Waals surface area contributed by atoms with E-state index < -0.39 is 0 Å². The lowest BCUT2D eigenvalue weighted by molar-refractivity contribution is 0.0893. The van der Waals surface area contributed by atoms with Gasteiger partial charge in [-0.05, 0) is 74.3 Å². The molecule has 26 heavy (non-hydrogen) atoms. The van der Waals surface area contributed by atoms with Crippen LogP contribution < -0.4 is 10.1 Å². The quantitative estimate of drug-likeness (QED) is 0.818. The first kappa shape index (κ1) is 17.1. The number of para-hydroxylation sites is 1. The predicted octanol–water partition coefficient (Wildman–Crippen LogP) is 5.07. The summed E-state index contributed by atoms with van der Waals surface area (Å²) in [5.74, 6) is 1.67. The van der Waals surface area contributed by atoms with Gasteiger partial charge in [0.1, 0.15) is 5.75 Å². The minimum Gasteiger partial charge on any atom is -0.490 e. The fourth-order valence-electron chi connectivity index (χ4n) is 3.96. The van der Waals surface area contributed by atoms with Gasteiger partial charge in [-0.15, -0.1) is 0 Å². The zero-order valence-corrected chi connectivity index (χ0v) is 15.2. The van der Waals surface area contributed by atoms with Crippen molar-refractivity contribution in [2.75, 3.05) is 0 Å². The summed E-state index contributed by atoms with van der Waals surface area (Å²) in [4.78, 5) is 12.6. The van der Waals surface area contributed by atoms with Crippen molar-refractivity contribution in [3.05, 3.63) is 65.7 Å². The zero-order chi connectivity index (χ0) is 17.8. The Labute approximate surface area is 155 Å². The first-order valence-electron chi connectivity index (χ1n) is 9.90. The van der Waals surface area contributed by atoms with Crippen LogP contribution in [-0.2, 0) is 0 Å². The largest absolute Gasteiger partial charge is 0.490 e. The van der Waals surface area contributed by atoms with Crippen LogP contribution in [0, 0.1) is 0 Å². The maximum absolute atomic E-state index is 12.6. The second-order valence-corrected chi connectivity index (χ2v) is 7.63. The van der Waals surface area contributed by atoms with Gasteiger partial charge in [0.2, 0.25) is 0 Å². The van der Waals surface area contributed by atoms with Gasteiger partial charge in [0.25, 0.3) is 5.91 Å². The molecule has 2 aromatic carbocycles. The van der Waals surface area contributed by atoms with Crippen LogP contribution in [0.3, 0.4) is 0 Å². The van der Waals surface area contributed by atoms with Gasteiger partial charge < -0.3 is 10.1 Å². The minimum atomic E-state index is 0.0681. The summed E-state index contributed by atoms with van der Waals surface area (Å²) in [6, 6.07) is 18.5. The number of nitrogens with one attached hydrogen (secondary N) is 1. The van der Waals surface area contributed by atoms with E-state index in [0.29, 0.717) is 5.92 Å². The van der Waals surface area contributed by atoms with Crippen molar-refractivity contribution in [3.63, 3.8) is 0 Å². The van der Waals surface area contributed by atoms with E-state index in [-0.39, 0.29) is 18.1 Å². The van der Waals surface area contributed by atoms with Gasteiger partial charge in [-0.2, -0.15) is 0 Å². The maximum Gasteiger partial charge on any atom is 0.251 e. The van der Waals surface area contributed by atoms with Crippen LogP contribution >= 0.6 is 0 Å². The van der Waals surface area contributed by atoms with Crippen LogP contribution in [0.15, 0.2) is 54.6 Å². The number of carbonyl (C=O) groups is 1. The number of carbonyl (C=O) groups excluding carboxylic acids is 1. The molecule has 1 amide bonds. The second-order valence-electron chi connectivity index (χ2n) is 7.63. The lowest BCUT2D eigenvalue weighted by atomic mass is 9.79. The molecule has 2 aliphatic rings. The lowest BCUT2D eigenvalue weighted by Crippen LogP contribution is -2.39. The van der Waals surface area contributed by atoms with Crippen molar-refractivity contribution in [2.45, 2.75) is 63.0 Å². The molecular formula is C23H27NO2. The molecule has 0 spiro atoms. The summed E-state index contributed by atoms with van der Waals surface area (Å²) in [7, 11) is 0. The molecule has 0 bridgehead atoms. The van der Waals surface area contributed by atoms with Gasteiger partial charge in [-0.1, -0.05) is 36.8 Å². The molecule has 0 aromatic heterocycles. The van der Waals surface area contributed by atoms with Crippen LogP contribution in [-0.4, -0.2) is 18.1 Å². The Morgan fingerprint density at radius 2 is 1.65 bits per heavy atom. The van der Waals surface area contributed by atoms with Crippen molar-refractivity contribution >= 4 is 5.91 Å². The van der Waals surface area contributed by atoms with Gasteiger partial charge in [-0.25, -0.2) is 0 Å². The number of hydrogen-bond donors (Lipinski definition) is 1. The molecule has 0 unspecified atom stereocenters. The molecule has 0 heterocycles. The first-order chi connectivity index (χ1) is 12.8. The van der Waals surface area contributed by atoms with Gasteiger partial charge >= 0.3 is 0 Å². The SMILES string of the molecule is O=C(NC1CCC(Oc2ccccc2)CC1)c1cccc(C2CCC2)c1. The Hall–Kier alpha value is -2.29. The average Bonchev–Trinajstić information content (AvgIpc) is 2.63. The van der Waals surface area contributed by atoms with E-state index in [1.807, 2.05) is 42.5 Å². The zero-order valence-electron chi connectivity index (χ0n) is 15.2. The molecule has 136 valence electrons. The van der Waals surface area contributed by atoms with E-state index >= 15 is 0 Å².